The first kappa shape index (κ1) is 13.3. The molecule has 4 heteroatoms. The fourth-order valence-electron chi connectivity index (χ4n) is 1.85. The Labute approximate surface area is 122 Å². The van der Waals surface area contributed by atoms with Gasteiger partial charge in [0, 0.05) is 20.1 Å². The van der Waals surface area contributed by atoms with Crippen LogP contribution in [-0.4, -0.2) is 22.4 Å². The van der Waals surface area contributed by atoms with Gasteiger partial charge in [0.2, 0.25) is 0 Å². The summed E-state index contributed by atoms with van der Waals surface area (Å²) in [4.78, 5) is 0. The maximum absolute atomic E-state index is 10.1. The van der Waals surface area contributed by atoms with Crippen LogP contribution in [0.2, 0.25) is 0 Å². The number of aliphatic hydroxyl groups is 2. The molecular formula is C13H12BrIO2. The van der Waals surface area contributed by atoms with E-state index in [0.717, 1.165) is 19.2 Å². The number of hydrogen-bond acceptors (Lipinski definition) is 2. The van der Waals surface area contributed by atoms with Gasteiger partial charge in [0.15, 0.2) is 0 Å². The standard InChI is InChI=1S/C13H12BrIO2/c14-10-6-13(17,8-16)7-11(15)12(10)9-4-2-1-3-5-9/h1-5,7,16-17H,6,8H2. The van der Waals surface area contributed by atoms with Crippen LogP contribution in [0.25, 0.3) is 5.57 Å². The van der Waals surface area contributed by atoms with Crippen LogP contribution in [0.4, 0.5) is 0 Å². The Morgan fingerprint density at radius 1 is 1.29 bits per heavy atom. The van der Waals surface area contributed by atoms with E-state index in [0.29, 0.717) is 6.42 Å². The van der Waals surface area contributed by atoms with E-state index in [-0.39, 0.29) is 6.61 Å². The molecule has 0 saturated heterocycles. The SMILES string of the molecule is OCC1(O)C=C(I)C(c2ccccc2)=C(Br)C1. The molecule has 0 aromatic heterocycles. The summed E-state index contributed by atoms with van der Waals surface area (Å²) in [5.74, 6) is 0. The van der Waals surface area contributed by atoms with Crippen molar-refractivity contribution in [2.24, 2.45) is 0 Å². The van der Waals surface area contributed by atoms with E-state index >= 15 is 0 Å². The minimum atomic E-state index is -1.15. The van der Waals surface area contributed by atoms with Gasteiger partial charge in [-0.25, -0.2) is 0 Å². The predicted molar refractivity (Wildman–Crippen MR) is 81.0 cm³/mol. The number of halogens is 2. The van der Waals surface area contributed by atoms with Gasteiger partial charge in [0.1, 0.15) is 5.60 Å². The monoisotopic (exact) mass is 406 g/mol. The van der Waals surface area contributed by atoms with Crippen LogP contribution >= 0.6 is 38.5 Å². The molecule has 1 atom stereocenters. The molecule has 0 fully saturated rings. The molecule has 1 unspecified atom stereocenters. The lowest BCUT2D eigenvalue weighted by Gasteiger charge is -2.28. The zero-order chi connectivity index (χ0) is 12.5. The highest BCUT2D eigenvalue weighted by Crippen LogP contribution is 2.42. The molecule has 0 spiro atoms. The van der Waals surface area contributed by atoms with Crippen molar-refractivity contribution >= 4 is 44.1 Å². The summed E-state index contributed by atoms with van der Waals surface area (Å²) < 4.78 is 1.87. The van der Waals surface area contributed by atoms with Gasteiger partial charge in [-0.05, 0) is 34.2 Å². The van der Waals surface area contributed by atoms with Crippen LogP contribution in [0, 0.1) is 0 Å². The Kier molecular flexibility index (Phi) is 4.07. The molecule has 1 aromatic carbocycles. The van der Waals surface area contributed by atoms with E-state index in [1.165, 1.54) is 0 Å². The zero-order valence-corrected chi connectivity index (χ0v) is 12.8. The number of rotatable bonds is 2. The van der Waals surface area contributed by atoms with Crippen molar-refractivity contribution in [3.63, 3.8) is 0 Å². The fraction of sp³-hybridized carbons (Fsp3) is 0.231. The molecule has 0 aliphatic heterocycles. The van der Waals surface area contributed by atoms with Gasteiger partial charge < -0.3 is 10.2 Å². The highest BCUT2D eigenvalue weighted by Gasteiger charge is 2.31. The first-order valence-corrected chi connectivity index (χ1v) is 7.09. The van der Waals surface area contributed by atoms with Crippen LogP contribution < -0.4 is 0 Å². The lowest BCUT2D eigenvalue weighted by molar-refractivity contribution is 0.0287. The summed E-state index contributed by atoms with van der Waals surface area (Å²) in [6.07, 6.45) is 2.13. The Morgan fingerprint density at radius 2 is 1.94 bits per heavy atom. The van der Waals surface area contributed by atoms with Crippen molar-refractivity contribution in [1.82, 2.24) is 0 Å². The Hall–Kier alpha value is -0.170. The molecule has 0 radical (unpaired) electrons. The van der Waals surface area contributed by atoms with Crippen molar-refractivity contribution in [1.29, 1.82) is 0 Å². The second kappa shape index (κ2) is 5.22. The van der Waals surface area contributed by atoms with Gasteiger partial charge in [0.25, 0.3) is 0 Å². The molecule has 1 aliphatic rings. The third kappa shape index (κ3) is 2.81. The summed E-state index contributed by atoms with van der Waals surface area (Å²) in [6.45, 7) is -0.267. The minimum absolute atomic E-state index is 0.267. The molecule has 90 valence electrons. The van der Waals surface area contributed by atoms with Gasteiger partial charge in [0.05, 0.1) is 6.61 Å². The molecule has 2 nitrogen and oxygen atoms in total. The first-order valence-electron chi connectivity index (χ1n) is 5.22. The lowest BCUT2D eigenvalue weighted by atomic mass is 9.90. The van der Waals surface area contributed by atoms with E-state index in [9.17, 15) is 10.2 Å². The van der Waals surface area contributed by atoms with Crippen LogP contribution in [0.5, 0.6) is 0 Å². The average molecular weight is 407 g/mol. The van der Waals surface area contributed by atoms with Gasteiger partial charge in [-0.1, -0.05) is 46.3 Å². The molecule has 1 aromatic rings. The van der Waals surface area contributed by atoms with E-state index in [1.807, 2.05) is 30.3 Å². The lowest BCUT2D eigenvalue weighted by Crippen LogP contribution is -2.32. The van der Waals surface area contributed by atoms with Crippen molar-refractivity contribution in [3.05, 3.63) is 50.0 Å². The van der Waals surface area contributed by atoms with Crippen molar-refractivity contribution in [3.8, 4) is 0 Å². The van der Waals surface area contributed by atoms with E-state index in [2.05, 4.69) is 38.5 Å². The number of aliphatic hydroxyl groups excluding tert-OH is 1. The topological polar surface area (TPSA) is 40.5 Å². The average Bonchev–Trinajstić information content (AvgIpc) is 2.29. The molecule has 2 N–H and O–H groups in total. The van der Waals surface area contributed by atoms with Crippen LogP contribution in [0.3, 0.4) is 0 Å². The smallest absolute Gasteiger partial charge is 0.112 e. The summed E-state index contributed by atoms with van der Waals surface area (Å²) in [5, 5.41) is 19.3. The van der Waals surface area contributed by atoms with Crippen molar-refractivity contribution in [2.75, 3.05) is 6.61 Å². The Morgan fingerprint density at radius 3 is 2.47 bits per heavy atom. The van der Waals surface area contributed by atoms with Crippen LogP contribution in [0.1, 0.15) is 12.0 Å². The molecule has 2 rings (SSSR count). The summed E-state index contributed by atoms with van der Waals surface area (Å²) >= 11 is 5.70. The third-order valence-corrected chi connectivity index (χ3v) is 4.23. The number of hydrogen-bond donors (Lipinski definition) is 2. The number of allylic oxidation sites excluding steroid dienone is 2. The van der Waals surface area contributed by atoms with Gasteiger partial charge in [-0.15, -0.1) is 0 Å². The molecular weight excluding hydrogens is 395 g/mol. The molecule has 0 amide bonds. The maximum Gasteiger partial charge on any atom is 0.112 e. The third-order valence-electron chi connectivity index (χ3n) is 2.70. The molecule has 1 aliphatic carbocycles. The highest BCUT2D eigenvalue weighted by atomic mass is 127. The highest BCUT2D eigenvalue weighted by molar-refractivity contribution is 14.1. The van der Waals surface area contributed by atoms with Gasteiger partial charge in [-0.3, -0.25) is 0 Å². The van der Waals surface area contributed by atoms with Crippen molar-refractivity contribution < 1.29 is 10.2 Å². The predicted octanol–water partition coefficient (Wildman–Crippen LogP) is 3.24. The largest absolute Gasteiger partial charge is 0.393 e. The Bertz CT molecular complexity index is 481. The van der Waals surface area contributed by atoms with Crippen LogP contribution in [0.15, 0.2) is 44.5 Å². The Balaban J connectivity index is 2.44. The fourth-order valence-corrected chi connectivity index (χ4v) is 4.36. The molecule has 0 bridgehead atoms. The van der Waals surface area contributed by atoms with Gasteiger partial charge in [-0.2, -0.15) is 0 Å². The summed E-state index contributed by atoms with van der Waals surface area (Å²) in [7, 11) is 0. The van der Waals surface area contributed by atoms with E-state index < -0.39 is 5.60 Å². The summed E-state index contributed by atoms with van der Waals surface area (Å²) in [5.41, 5.74) is 1.05. The quantitative estimate of drug-likeness (QED) is 0.740. The van der Waals surface area contributed by atoms with Gasteiger partial charge >= 0.3 is 0 Å². The molecule has 0 saturated carbocycles. The maximum atomic E-state index is 10.1. The second-order valence-electron chi connectivity index (χ2n) is 4.08. The number of benzene rings is 1. The zero-order valence-electron chi connectivity index (χ0n) is 9.03. The van der Waals surface area contributed by atoms with E-state index in [1.54, 1.807) is 6.08 Å². The van der Waals surface area contributed by atoms with Crippen molar-refractivity contribution in [2.45, 2.75) is 12.0 Å². The second-order valence-corrected chi connectivity index (χ2v) is 6.20. The molecule has 17 heavy (non-hydrogen) atoms. The molecule has 0 heterocycles. The normalized spacial score (nSPS) is 24.8. The van der Waals surface area contributed by atoms with E-state index in [4.69, 9.17) is 0 Å². The van der Waals surface area contributed by atoms with Crippen LogP contribution in [-0.2, 0) is 0 Å². The minimum Gasteiger partial charge on any atom is -0.393 e. The first-order chi connectivity index (χ1) is 8.06. The summed E-state index contributed by atoms with van der Waals surface area (Å²) in [6, 6.07) is 10.0.